The van der Waals surface area contributed by atoms with Gasteiger partial charge in [0.15, 0.2) is 11.5 Å². The van der Waals surface area contributed by atoms with E-state index in [-0.39, 0.29) is 24.6 Å². The lowest BCUT2D eigenvalue weighted by Crippen LogP contribution is -2.12. The monoisotopic (exact) mass is 405 g/mol. The number of hydrogen-bond acceptors (Lipinski definition) is 8. The number of benzene rings is 1. The number of fused-ring (bicyclic) bond motifs is 5. The van der Waals surface area contributed by atoms with Gasteiger partial charge in [-0.1, -0.05) is 5.16 Å². The van der Waals surface area contributed by atoms with Crippen LogP contribution in [-0.2, 0) is 11.3 Å². The molecule has 30 heavy (non-hydrogen) atoms. The Bertz CT molecular complexity index is 1260. The summed E-state index contributed by atoms with van der Waals surface area (Å²) >= 11 is 0. The number of nitrogens with one attached hydrogen (secondary N) is 1. The second-order valence-electron chi connectivity index (χ2n) is 6.43. The highest BCUT2D eigenvalue weighted by Gasteiger charge is 2.27. The lowest BCUT2D eigenvalue weighted by molar-refractivity contribution is 0.0518. The molecule has 3 aromatic heterocycles. The maximum Gasteiger partial charge on any atom is 0.358 e. The zero-order valence-electron chi connectivity index (χ0n) is 15.8. The first-order valence-electron chi connectivity index (χ1n) is 9.13. The maximum absolute atomic E-state index is 12.3. The van der Waals surface area contributed by atoms with Gasteiger partial charge in [-0.3, -0.25) is 9.36 Å². The number of rotatable bonds is 4. The third-order valence-electron chi connectivity index (χ3n) is 4.67. The topological polar surface area (TPSA) is 130 Å². The van der Waals surface area contributed by atoms with Crippen LogP contribution in [0.15, 0.2) is 47.6 Å². The molecule has 1 aliphatic rings. The van der Waals surface area contributed by atoms with Crippen molar-refractivity contribution in [3.8, 4) is 17.1 Å². The van der Waals surface area contributed by atoms with E-state index in [2.05, 4.69) is 25.5 Å². The van der Waals surface area contributed by atoms with Gasteiger partial charge in [-0.15, -0.1) is 0 Å². The molecule has 1 amide bonds. The van der Waals surface area contributed by atoms with Gasteiger partial charge < -0.3 is 14.6 Å². The van der Waals surface area contributed by atoms with Crippen LogP contribution < -0.4 is 5.32 Å². The zero-order chi connectivity index (χ0) is 20.7. The van der Waals surface area contributed by atoms with E-state index in [1.54, 1.807) is 34.6 Å². The smallest absolute Gasteiger partial charge is 0.358 e. The summed E-state index contributed by atoms with van der Waals surface area (Å²) in [4.78, 5) is 33.3. The maximum atomic E-state index is 12.3. The molecule has 1 N–H and O–H groups in total. The second kappa shape index (κ2) is 6.95. The highest BCUT2D eigenvalue weighted by atomic mass is 16.5. The van der Waals surface area contributed by atoms with Crippen molar-refractivity contribution in [1.82, 2.24) is 29.5 Å². The molecule has 11 nitrogen and oxygen atoms in total. The van der Waals surface area contributed by atoms with E-state index in [4.69, 9.17) is 9.26 Å². The third kappa shape index (κ3) is 2.83. The summed E-state index contributed by atoms with van der Waals surface area (Å²) in [7, 11) is 0. The van der Waals surface area contributed by atoms with Crippen molar-refractivity contribution >= 4 is 17.6 Å². The van der Waals surface area contributed by atoms with Gasteiger partial charge in [-0.2, -0.15) is 5.10 Å². The number of anilines is 1. The molecule has 0 radical (unpaired) electrons. The van der Waals surface area contributed by atoms with Crippen LogP contribution in [0.25, 0.3) is 17.1 Å². The van der Waals surface area contributed by atoms with Crippen LogP contribution in [0.5, 0.6) is 0 Å². The van der Waals surface area contributed by atoms with Crippen LogP contribution in [0.4, 0.5) is 5.69 Å². The average molecular weight is 405 g/mol. The predicted molar refractivity (Wildman–Crippen MR) is 102 cm³/mol. The molecular formula is C19H15N7O4. The number of imidazole rings is 1. The highest BCUT2D eigenvalue weighted by molar-refractivity contribution is 6.02. The summed E-state index contributed by atoms with van der Waals surface area (Å²) in [6, 6.07) is 6.82. The van der Waals surface area contributed by atoms with Gasteiger partial charge in [0, 0.05) is 17.3 Å². The Morgan fingerprint density at radius 3 is 2.97 bits per heavy atom. The fraction of sp³-hybridized carbons (Fsp3) is 0.158. The molecule has 0 fully saturated rings. The molecule has 5 rings (SSSR count). The quantitative estimate of drug-likeness (QED) is 0.449. The number of carbonyl (C=O) groups is 2. The SMILES string of the molecule is CCOC(=O)c1ncn2c1Cn1ncnc1-c1cc(NC(=O)c3ccno3)ccc1-2. The van der Waals surface area contributed by atoms with Gasteiger partial charge in [0.1, 0.15) is 12.7 Å². The normalized spacial score (nSPS) is 11.8. The van der Waals surface area contributed by atoms with Crippen LogP contribution >= 0.6 is 0 Å². The van der Waals surface area contributed by atoms with Crippen molar-refractivity contribution in [1.29, 1.82) is 0 Å². The lowest BCUT2D eigenvalue weighted by atomic mass is 10.1. The molecule has 0 unspecified atom stereocenters. The summed E-state index contributed by atoms with van der Waals surface area (Å²) in [5, 5.41) is 10.6. The zero-order valence-corrected chi connectivity index (χ0v) is 15.8. The lowest BCUT2D eigenvalue weighted by Gasteiger charge is -2.11. The number of aromatic nitrogens is 6. The fourth-order valence-corrected chi connectivity index (χ4v) is 3.36. The molecule has 0 saturated heterocycles. The predicted octanol–water partition coefficient (Wildman–Crippen LogP) is 1.91. The summed E-state index contributed by atoms with van der Waals surface area (Å²) in [6.45, 7) is 2.29. The standard InChI is InChI=1S/C19H15N7O4/c1-2-29-19(28)16-14-8-26-17(20-9-22-26)12-7-11(3-4-13(12)25(14)10-21-16)24-18(27)15-5-6-23-30-15/h3-7,9-10H,2,8H2,1H3,(H,24,27). The molecule has 11 heteroatoms. The van der Waals surface area contributed by atoms with Crippen LogP contribution in [0.3, 0.4) is 0 Å². The summed E-state index contributed by atoms with van der Waals surface area (Å²) in [5.74, 6) is -0.217. The molecule has 0 saturated carbocycles. The second-order valence-corrected chi connectivity index (χ2v) is 6.43. The molecule has 0 bridgehead atoms. The average Bonchev–Trinajstić information content (AvgIpc) is 3.49. The molecule has 1 aromatic carbocycles. The van der Waals surface area contributed by atoms with Gasteiger partial charge in [0.2, 0.25) is 5.76 Å². The van der Waals surface area contributed by atoms with E-state index in [9.17, 15) is 9.59 Å². The summed E-state index contributed by atoms with van der Waals surface area (Å²) in [5.41, 5.74) is 2.87. The van der Waals surface area contributed by atoms with E-state index < -0.39 is 11.9 Å². The largest absolute Gasteiger partial charge is 0.461 e. The van der Waals surface area contributed by atoms with Crippen LogP contribution in [0, 0.1) is 0 Å². The van der Waals surface area contributed by atoms with Crippen molar-refractivity contribution in [2.24, 2.45) is 0 Å². The summed E-state index contributed by atoms with van der Waals surface area (Å²) < 4.78 is 13.5. The van der Waals surface area contributed by atoms with Crippen molar-refractivity contribution in [3.05, 3.63) is 60.3 Å². The number of nitrogens with zero attached hydrogens (tertiary/aromatic N) is 6. The molecule has 0 aliphatic carbocycles. The fourth-order valence-electron chi connectivity index (χ4n) is 3.36. The minimum Gasteiger partial charge on any atom is -0.461 e. The van der Waals surface area contributed by atoms with Crippen molar-refractivity contribution in [2.45, 2.75) is 13.5 Å². The Hall–Kier alpha value is -4.28. The first-order chi connectivity index (χ1) is 14.7. The highest BCUT2D eigenvalue weighted by Crippen LogP contribution is 2.33. The molecular weight excluding hydrogens is 390 g/mol. The van der Waals surface area contributed by atoms with Gasteiger partial charge in [0.05, 0.1) is 30.7 Å². The molecule has 0 spiro atoms. The first kappa shape index (κ1) is 17.8. The Balaban J connectivity index is 1.60. The van der Waals surface area contributed by atoms with Crippen LogP contribution in [0.1, 0.15) is 33.7 Å². The first-order valence-corrected chi connectivity index (χ1v) is 9.13. The molecule has 1 aliphatic heterocycles. The Morgan fingerprint density at radius 2 is 2.17 bits per heavy atom. The van der Waals surface area contributed by atoms with Crippen LogP contribution in [-0.4, -0.2) is 48.0 Å². The number of ether oxygens (including phenoxy) is 1. The Labute approximate surface area is 169 Å². The molecule has 150 valence electrons. The summed E-state index contributed by atoms with van der Waals surface area (Å²) in [6.07, 6.45) is 4.41. The van der Waals surface area contributed by atoms with Gasteiger partial charge in [-0.25, -0.2) is 19.4 Å². The number of carbonyl (C=O) groups excluding carboxylic acids is 2. The minimum atomic E-state index is -0.493. The van der Waals surface area contributed by atoms with E-state index in [1.807, 2.05) is 6.07 Å². The molecule has 4 heterocycles. The van der Waals surface area contributed by atoms with E-state index in [0.29, 0.717) is 17.2 Å². The number of hydrogen-bond donors (Lipinski definition) is 1. The van der Waals surface area contributed by atoms with Crippen LogP contribution in [0.2, 0.25) is 0 Å². The third-order valence-corrected chi connectivity index (χ3v) is 4.67. The minimum absolute atomic E-state index is 0.101. The van der Waals surface area contributed by atoms with Gasteiger partial charge in [0.25, 0.3) is 5.91 Å². The van der Waals surface area contributed by atoms with E-state index >= 15 is 0 Å². The van der Waals surface area contributed by atoms with Gasteiger partial charge in [-0.05, 0) is 25.1 Å². The van der Waals surface area contributed by atoms with Crippen molar-refractivity contribution < 1.29 is 18.8 Å². The van der Waals surface area contributed by atoms with Crippen molar-refractivity contribution in [3.63, 3.8) is 0 Å². The molecule has 0 atom stereocenters. The number of amides is 1. The Morgan fingerprint density at radius 1 is 1.27 bits per heavy atom. The van der Waals surface area contributed by atoms with Gasteiger partial charge >= 0.3 is 5.97 Å². The van der Waals surface area contributed by atoms with Crippen molar-refractivity contribution in [2.75, 3.05) is 11.9 Å². The molecule has 4 aromatic rings. The number of esters is 1. The Kier molecular flexibility index (Phi) is 4.12. The van der Waals surface area contributed by atoms with E-state index in [1.165, 1.54) is 18.6 Å². The van der Waals surface area contributed by atoms with E-state index in [0.717, 1.165) is 11.3 Å².